The molecule has 2 unspecified atom stereocenters. The highest BCUT2D eigenvalue weighted by molar-refractivity contribution is 5.85. The van der Waals surface area contributed by atoms with E-state index in [0.717, 1.165) is 25.9 Å². The summed E-state index contributed by atoms with van der Waals surface area (Å²) in [6.45, 7) is 1.79. The summed E-state index contributed by atoms with van der Waals surface area (Å²) < 4.78 is 0. The van der Waals surface area contributed by atoms with E-state index in [1.165, 1.54) is 0 Å². The molecular weight excluding hydrogens is 220 g/mol. The molecule has 15 heavy (non-hydrogen) atoms. The van der Waals surface area contributed by atoms with E-state index in [0.29, 0.717) is 0 Å². The Hall–Kier alpha value is -0.360. The fourth-order valence-electron chi connectivity index (χ4n) is 1.78. The molecule has 6 heteroatoms. The lowest BCUT2D eigenvalue weighted by Gasteiger charge is -2.27. The van der Waals surface area contributed by atoms with Gasteiger partial charge >= 0.3 is 5.97 Å². The highest BCUT2D eigenvalue weighted by Crippen LogP contribution is 2.19. The van der Waals surface area contributed by atoms with Gasteiger partial charge in [-0.25, -0.2) is 0 Å². The molecule has 0 amide bonds. The lowest BCUT2D eigenvalue weighted by Crippen LogP contribution is -2.40. The first-order valence-corrected chi connectivity index (χ1v) is 4.98. The molecule has 1 saturated heterocycles. The van der Waals surface area contributed by atoms with Crippen LogP contribution >= 0.6 is 12.4 Å². The van der Waals surface area contributed by atoms with Gasteiger partial charge in [0.1, 0.15) is 6.04 Å². The van der Waals surface area contributed by atoms with E-state index in [2.05, 4.69) is 5.32 Å². The van der Waals surface area contributed by atoms with Crippen LogP contribution < -0.4 is 11.1 Å². The minimum Gasteiger partial charge on any atom is -0.480 e. The number of aliphatic hydroxyl groups excluding tert-OH is 1. The molecule has 0 bridgehead atoms. The van der Waals surface area contributed by atoms with E-state index >= 15 is 0 Å². The minimum absolute atomic E-state index is 0. The standard InChI is InChI=1S/C9H18N2O3.ClH/c10-7(9(13)14)5-8(12)6-1-3-11-4-2-6;/h6-8,11-12H,1-5,10H2,(H,13,14);1H. The second-order valence-electron chi connectivity index (χ2n) is 3.84. The molecular formula is C9H19ClN2O3. The van der Waals surface area contributed by atoms with Gasteiger partial charge in [0.2, 0.25) is 0 Å². The van der Waals surface area contributed by atoms with Gasteiger partial charge < -0.3 is 21.3 Å². The fraction of sp³-hybridized carbons (Fsp3) is 0.889. The molecule has 1 rings (SSSR count). The number of nitrogens with two attached hydrogens (primary N) is 1. The van der Waals surface area contributed by atoms with Crippen molar-refractivity contribution in [3.05, 3.63) is 0 Å². The highest BCUT2D eigenvalue weighted by Gasteiger charge is 2.25. The molecule has 1 fully saturated rings. The summed E-state index contributed by atoms with van der Waals surface area (Å²) >= 11 is 0. The number of halogens is 1. The SMILES string of the molecule is Cl.NC(CC(O)C1CCNCC1)C(=O)O. The van der Waals surface area contributed by atoms with Crippen molar-refractivity contribution < 1.29 is 15.0 Å². The fourth-order valence-corrected chi connectivity index (χ4v) is 1.78. The monoisotopic (exact) mass is 238 g/mol. The van der Waals surface area contributed by atoms with E-state index < -0.39 is 18.1 Å². The Morgan fingerprint density at radius 3 is 2.47 bits per heavy atom. The summed E-state index contributed by atoms with van der Waals surface area (Å²) in [6, 6.07) is -0.945. The van der Waals surface area contributed by atoms with Crippen molar-refractivity contribution in [3.8, 4) is 0 Å². The molecule has 5 nitrogen and oxygen atoms in total. The van der Waals surface area contributed by atoms with Crippen LogP contribution in [0.5, 0.6) is 0 Å². The lowest BCUT2D eigenvalue weighted by molar-refractivity contribution is -0.139. The van der Waals surface area contributed by atoms with E-state index in [4.69, 9.17) is 10.8 Å². The molecule has 1 aliphatic rings. The van der Waals surface area contributed by atoms with Gasteiger partial charge in [-0.3, -0.25) is 4.79 Å². The molecule has 5 N–H and O–H groups in total. The highest BCUT2D eigenvalue weighted by atomic mass is 35.5. The second-order valence-corrected chi connectivity index (χ2v) is 3.84. The van der Waals surface area contributed by atoms with Crippen molar-refractivity contribution in [2.75, 3.05) is 13.1 Å². The summed E-state index contributed by atoms with van der Waals surface area (Å²) in [7, 11) is 0. The third-order valence-electron chi connectivity index (χ3n) is 2.74. The van der Waals surface area contributed by atoms with Crippen molar-refractivity contribution in [1.82, 2.24) is 5.32 Å². The number of rotatable bonds is 4. The number of carbonyl (C=O) groups is 1. The van der Waals surface area contributed by atoms with E-state index in [1.807, 2.05) is 0 Å². The number of aliphatic hydroxyl groups is 1. The predicted octanol–water partition coefficient (Wildman–Crippen LogP) is -0.429. The van der Waals surface area contributed by atoms with Crippen molar-refractivity contribution in [2.24, 2.45) is 11.7 Å². The van der Waals surface area contributed by atoms with Gasteiger partial charge in [0.05, 0.1) is 6.10 Å². The Labute approximate surface area is 95.4 Å². The number of nitrogens with one attached hydrogen (secondary N) is 1. The Bertz CT molecular complexity index is 198. The number of carboxylic acids is 1. The largest absolute Gasteiger partial charge is 0.480 e. The molecule has 1 heterocycles. The van der Waals surface area contributed by atoms with Gasteiger partial charge in [0.15, 0.2) is 0 Å². The number of aliphatic carboxylic acids is 1. The zero-order chi connectivity index (χ0) is 10.6. The average molecular weight is 239 g/mol. The molecule has 0 saturated carbocycles. The maximum Gasteiger partial charge on any atom is 0.320 e. The second kappa shape index (κ2) is 7.00. The van der Waals surface area contributed by atoms with E-state index in [-0.39, 0.29) is 24.7 Å². The minimum atomic E-state index is -1.04. The smallest absolute Gasteiger partial charge is 0.320 e. The predicted molar refractivity (Wildman–Crippen MR) is 59.1 cm³/mol. The Kier molecular flexibility index (Phi) is 6.84. The quantitative estimate of drug-likeness (QED) is 0.533. The summed E-state index contributed by atoms with van der Waals surface area (Å²) in [5, 5.41) is 21.5. The van der Waals surface area contributed by atoms with Crippen LogP contribution in [-0.2, 0) is 4.79 Å². The lowest BCUT2D eigenvalue weighted by atomic mass is 9.89. The molecule has 90 valence electrons. The first-order valence-electron chi connectivity index (χ1n) is 4.98. The molecule has 0 spiro atoms. The van der Waals surface area contributed by atoms with Gasteiger partial charge in [0.25, 0.3) is 0 Å². The summed E-state index contributed by atoms with van der Waals surface area (Å²) in [5.74, 6) is -0.848. The summed E-state index contributed by atoms with van der Waals surface area (Å²) in [5.41, 5.74) is 5.35. The normalized spacial score (nSPS) is 21.5. The topological polar surface area (TPSA) is 95.6 Å². The number of carboxylic acid groups (broad SMARTS) is 1. The van der Waals surface area contributed by atoms with E-state index in [9.17, 15) is 9.90 Å². The molecule has 1 aliphatic heterocycles. The number of piperidine rings is 1. The maximum atomic E-state index is 10.5. The Balaban J connectivity index is 0.00000196. The number of hydrogen-bond donors (Lipinski definition) is 4. The first kappa shape index (κ1) is 14.6. The van der Waals surface area contributed by atoms with Crippen LogP contribution in [0.1, 0.15) is 19.3 Å². The maximum absolute atomic E-state index is 10.5. The van der Waals surface area contributed by atoms with Crippen LogP contribution in [0, 0.1) is 5.92 Å². The van der Waals surface area contributed by atoms with Gasteiger partial charge in [0, 0.05) is 0 Å². The van der Waals surface area contributed by atoms with Gasteiger partial charge in [-0.15, -0.1) is 12.4 Å². The van der Waals surface area contributed by atoms with Crippen molar-refractivity contribution in [3.63, 3.8) is 0 Å². The molecule has 0 radical (unpaired) electrons. The van der Waals surface area contributed by atoms with Crippen LogP contribution in [0.2, 0.25) is 0 Å². The molecule has 0 aliphatic carbocycles. The average Bonchev–Trinajstić information content (AvgIpc) is 2.19. The first-order chi connectivity index (χ1) is 6.61. The van der Waals surface area contributed by atoms with Crippen LogP contribution in [-0.4, -0.2) is 41.4 Å². The summed E-state index contributed by atoms with van der Waals surface area (Å²) in [4.78, 5) is 10.5. The number of hydrogen-bond acceptors (Lipinski definition) is 4. The van der Waals surface area contributed by atoms with E-state index in [1.54, 1.807) is 0 Å². The van der Waals surface area contributed by atoms with Crippen LogP contribution in [0.3, 0.4) is 0 Å². The molecule has 0 aromatic carbocycles. The van der Waals surface area contributed by atoms with Gasteiger partial charge in [-0.2, -0.15) is 0 Å². The zero-order valence-electron chi connectivity index (χ0n) is 8.56. The third-order valence-corrected chi connectivity index (χ3v) is 2.74. The summed E-state index contributed by atoms with van der Waals surface area (Å²) in [6.07, 6.45) is 1.37. The molecule has 2 atom stereocenters. The van der Waals surface area contributed by atoms with Crippen LogP contribution in [0.25, 0.3) is 0 Å². The van der Waals surface area contributed by atoms with Crippen molar-refractivity contribution in [2.45, 2.75) is 31.4 Å². The molecule has 0 aromatic rings. The van der Waals surface area contributed by atoms with Crippen molar-refractivity contribution >= 4 is 18.4 Å². The van der Waals surface area contributed by atoms with Crippen LogP contribution in [0.15, 0.2) is 0 Å². The van der Waals surface area contributed by atoms with Crippen LogP contribution in [0.4, 0.5) is 0 Å². The molecule has 0 aromatic heterocycles. The van der Waals surface area contributed by atoms with Gasteiger partial charge in [-0.1, -0.05) is 0 Å². The van der Waals surface area contributed by atoms with Crippen molar-refractivity contribution in [1.29, 1.82) is 0 Å². The zero-order valence-corrected chi connectivity index (χ0v) is 9.37. The Morgan fingerprint density at radius 2 is 2.00 bits per heavy atom. The van der Waals surface area contributed by atoms with Gasteiger partial charge in [-0.05, 0) is 38.3 Å². The third kappa shape index (κ3) is 4.79. The Morgan fingerprint density at radius 1 is 1.47 bits per heavy atom.